The normalized spacial score (nSPS) is 16.9. The summed E-state index contributed by atoms with van der Waals surface area (Å²) in [6.07, 6.45) is 0.549. The Morgan fingerprint density at radius 1 is 0.973 bits per heavy atom. The highest BCUT2D eigenvalue weighted by atomic mass is 35.5. The molecular formula is C30H31ClN2O4. The first-order valence-electron chi connectivity index (χ1n) is 12.2. The third kappa shape index (κ3) is 5.81. The molecule has 1 amide bonds. The van der Waals surface area contributed by atoms with Crippen molar-refractivity contribution in [1.29, 1.82) is 0 Å². The summed E-state index contributed by atoms with van der Waals surface area (Å²) in [6.45, 7) is 4.17. The average Bonchev–Trinajstić information content (AvgIpc) is 3.13. The summed E-state index contributed by atoms with van der Waals surface area (Å²) < 4.78 is 5.69. The molecule has 0 bridgehead atoms. The fraction of sp³-hybridized carbons (Fsp3) is 0.267. The largest absolute Gasteiger partial charge is 0.507 e. The van der Waals surface area contributed by atoms with Gasteiger partial charge in [0.2, 0.25) is 0 Å². The number of benzene rings is 3. The lowest BCUT2D eigenvalue weighted by Crippen LogP contribution is -2.31. The summed E-state index contributed by atoms with van der Waals surface area (Å²) in [6, 6.07) is 21.2. The van der Waals surface area contributed by atoms with E-state index in [0.29, 0.717) is 29.3 Å². The molecule has 1 aliphatic heterocycles. The van der Waals surface area contributed by atoms with E-state index in [4.69, 9.17) is 16.3 Å². The summed E-state index contributed by atoms with van der Waals surface area (Å²) in [5, 5.41) is 11.9. The van der Waals surface area contributed by atoms with E-state index in [1.807, 2.05) is 69.2 Å². The molecule has 7 heteroatoms. The molecule has 0 aliphatic carbocycles. The van der Waals surface area contributed by atoms with Crippen molar-refractivity contribution in [3.63, 3.8) is 0 Å². The number of halogens is 1. The summed E-state index contributed by atoms with van der Waals surface area (Å²) in [5.74, 6) is -0.870. The molecule has 1 heterocycles. The molecule has 0 saturated carbocycles. The molecule has 1 fully saturated rings. The maximum Gasteiger partial charge on any atom is 0.295 e. The van der Waals surface area contributed by atoms with Crippen molar-refractivity contribution in [1.82, 2.24) is 4.90 Å². The highest BCUT2D eigenvalue weighted by Crippen LogP contribution is 2.40. The van der Waals surface area contributed by atoms with E-state index in [2.05, 4.69) is 0 Å². The minimum absolute atomic E-state index is 0.00977. The predicted molar refractivity (Wildman–Crippen MR) is 147 cm³/mol. The third-order valence-electron chi connectivity index (χ3n) is 6.32. The van der Waals surface area contributed by atoms with Crippen LogP contribution in [0.4, 0.5) is 5.69 Å². The summed E-state index contributed by atoms with van der Waals surface area (Å²) >= 11 is 6.01. The molecule has 0 spiro atoms. The Labute approximate surface area is 222 Å². The number of hydrogen-bond donors (Lipinski definition) is 1. The van der Waals surface area contributed by atoms with Crippen molar-refractivity contribution in [2.45, 2.75) is 32.4 Å². The van der Waals surface area contributed by atoms with E-state index < -0.39 is 17.7 Å². The highest BCUT2D eigenvalue weighted by molar-refractivity contribution is 6.46. The number of hydrogen-bond acceptors (Lipinski definition) is 5. The number of aliphatic hydroxyl groups is 1. The van der Waals surface area contributed by atoms with Crippen molar-refractivity contribution < 1.29 is 19.4 Å². The molecule has 192 valence electrons. The van der Waals surface area contributed by atoms with Crippen LogP contribution in [0.5, 0.6) is 5.75 Å². The van der Waals surface area contributed by atoms with Crippen molar-refractivity contribution in [3.8, 4) is 5.75 Å². The monoisotopic (exact) mass is 518 g/mol. The minimum Gasteiger partial charge on any atom is -0.507 e. The van der Waals surface area contributed by atoms with Gasteiger partial charge in [0.1, 0.15) is 11.5 Å². The number of amides is 1. The zero-order valence-corrected chi connectivity index (χ0v) is 22.2. The van der Waals surface area contributed by atoms with Crippen molar-refractivity contribution in [2.24, 2.45) is 0 Å². The quantitative estimate of drug-likeness (QED) is 0.230. The molecule has 1 N–H and O–H groups in total. The fourth-order valence-corrected chi connectivity index (χ4v) is 4.56. The summed E-state index contributed by atoms with van der Waals surface area (Å²) in [4.78, 5) is 30.1. The van der Waals surface area contributed by atoms with Crippen LogP contribution in [0.1, 0.15) is 36.6 Å². The van der Waals surface area contributed by atoms with Gasteiger partial charge in [-0.05, 0) is 79.9 Å². The number of ether oxygens (including phenoxy) is 1. The summed E-state index contributed by atoms with van der Waals surface area (Å²) in [7, 11) is 3.89. The second kappa shape index (κ2) is 11.1. The van der Waals surface area contributed by atoms with Gasteiger partial charge in [-0.15, -0.1) is 0 Å². The van der Waals surface area contributed by atoms with Crippen molar-refractivity contribution in [2.75, 3.05) is 25.5 Å². The number of ketones is 1. The van der Waals surface area contributed by atoms with E-state index in [1.165, 1.54) is 0 Å². The first-order valence-corrected chi connectivity index (χ1v) is 12.6. The van der Waals surface area contributed by atoms with Crippen LogP contribution in [-0.2, 0) is 16.0 Å². The lowest BCUT2D eigenvalue weighted by atomic mass is 9.95. The Morgan fingerprint density at radius 2 is 1.59 bits per heavy atom. The fourth-order valence-electron chi connectivity index (χ4n) is 4.43. The molecule has 1 atom stereocenters. The number of aliphatic hydroxyl groups excluding tert-OH is 1. The lowest BCUT2D eigenvalue weighted by molar-refractivity contribution is -0.139. The second-order valence-corrected chi connectivity index (χ2v) is 9.98. The van der Waals surface area contributed by atoms with E-state index in [1.54, 1.807) is 41.3 Å². The molecule has 0 radical (unpaired) electrons. The van der Waals surface area contributed by atoms with Gasteiger partial charge < -0.3 is 19.6 Å². The Bertz CT molecular complexity index is 1300. The maximum atomic E-state index is 13.3. The number of anilines is 1. The smallest absolute Gasteiger partial charge is 0.295 e. The molecule has 1 unspecified atom stereocenters. The molecule has 37 heavy (non-hydrogen) atoms. The van der Waals surface area contributed by atoms with Crippen LogP contribution in [0.2, 0.25) is 5.02 Å². The molecule has 0 aromatic heterocycles. The number of carbonyl (C=O) groups is 2. The topological polar surface area (TPSA) is 70.1 Å². The maximum absolute atomic E-state index is 13.3. The van der Waals surface area contributed by atoms with Gasteiger partial charge in [-0.1, -0.05) is 35.9 Å². The van der Waals surface area contributed by atoms with Crippen LogP contribution in [0, 0.1) is 0 Å². The number of carbonyl (C=O) groups excluding carboxylic acids is 2. The number of Topliss-reactive ketones (excluding diaryl/α,β-unsaturated/α-hetero) is 1. The molecule has 3 aromatic rings. The van der Waals surface area contributed by atoms with Crippen LogP contribution >= 0.6 is 11.6 Å². The van der Waals surface area contributed by atoms with Crippen LogP contribution in [0.15, 0.2) is 78.4 Å². The van der Waals surface area contributed by atoms with Gasteiger partial charge in [0.05, 0.1) is 17.7 Å². The SMILES string of the molecule is CC(C)Oc1ccc(/C(O)=C2/C(=O)C(=O)N(CCc3ccc(Cl)cc3)C2c2ccc(N(C)C)cc2)cc1. The van der Waals surface area contributed by atoms with Gasteiger partial charge in [0.15, 0.2) is 0 Å². The van der Waals surface area contributed by atoms with Gasteiger partial charge in [0, 0.05) is 36.9 Å². The van der Waals surface area contributed by atoms with Crippen molar-refractivity contribution in [3.05, 3.63) is 100 Å². The van der Waals surface area contributed by atoms with E-state index in [0.717, 1.165) is 16.8 Å². The summed E-state index contributed by atoms with van der Waals surface area (Å²) in [5.41, 5.74) is 3.26. The third-order valence-corrected chi connectivity index (χ3v) is 6.57. The molecule has 1 saturated heterocycles. The Morgan fingerprint density at radius 3 is 2.16 bits per heavy atom. The predicted octanol–water partition coefficient (Wildman–Crippen LogP) is 5.86. The first-order chi connectivity index (χ1) is 17.7. The van der Waals surface area contributed by atoms with Gasteiger partial charge in [-0.2, -0.15) is 0 Å². The van der Waals surface area contributed by atoms with E-state index in [-0.39, 0.29) is 17.4 Å². The standard InChI is InChI=1S/C30H31ClN2O4/c1-19(2)37-25-15-9-22(10-16-25)28(34)26-27(21-7-13-24(14-8-21)32(3)4)33(30(36)29(26)35)18-17-20-5-11-23(31)12-6-20/h5-16,19,27,34H,17-18H2,1-4H3/b28-26-. The zero-order chi connectivity index (χ0) is 26.7. The van der Waals surface area contributed by atoms with Gasteiger partial charge in [-0.3, -0.25) is 9.59 Å². The number of rotatable bonds is 8. The molecule has 6 nitrogen and oxygen atoms in total. The van der Waals surface area contributed by atoms with Crippen LogP contribution in [-0.4, -0.2) is 48.4 Å². The molecular weight excluding hydrogens is 488 g/mol. The molecule has 4 rings (SSSR count). The van der Waals surface area contributed by atoms with Gasteiger partial charge in [-0.25, -0.2) is 0 Å². The Kier molecular flexibility index (Phi) is 7.89. The van der Waals surface area contributed by atoms with Crippen LogP contribution in [0.3, 0.4) is 0 Å². The van der Waals surface area contributed by atoms with Crippen LogP contribution < -0.4 is 9.64 Å². The first kappa shape index (κ1) is 26.3. The average molecular weight is 519 g/mol. The minimum atomic E-state index is -0.713. The zero-order valence-electron chi connectivity index (χ0n) is 21.4. The lowest BCUT2D eigenvalue weighted by Gasteiger charge is -2.26. The van der Waals surface area contributed by atoms with E-state index >= 15 is 0 Å². The van der Waals surface area contributed by atoms with Crippen molar-refractivity contribution >= 4 is 34.7 Å². The Balaban J connectivity index is 1.74. The highest BCUT2D eigenvalue weighted by Gasteiger charge is 2.45. The second-order valence-electron chi connectivity index (χ2n) is 9.55. The van der Waals surface area contributed by atoms with Gasteiger partial charge in [0.25, 0.3) is 11.7 Å². The number of likely N-dealkylation sites (tertiary alicyclic amines) is 1. The molecule has 1 aliphatic rings. The van der Waals surface area contributed by atoms with Gasteiger partial charge >= 0.3 is 0 Å². The Hall–Kier alpha value is -3.77. The molecule has 3 aromatic carbocycles. The van der Waals surface area contributed by atoms with Crippen LogP contribution in [0.25, 0.3) is 5.76 Å². The van der Waals surface area contributed by atoms with E-state index in [9.17, 15) is 14.7 Å². The number of nitrogens with zero attached hydrogens (tertiary/aromatic N) is 2.